The quantitative estimate of drug-likeness (QED) is 0.729. The van der Waals surface area contributed by atoms with Crippen molar-refractivity contribution in [1.29, 1.82) is 0 Å². The highest BCUT2D eigenvalue weighted by atomic mass is 35.5. The molecule has 1 amide bonds. The molecule has 6 heteroatoms. The Labute approximate surface area is 150 Å². The molecule has 0 radical (unpaired) electrons. The minimum absolute atomic E-state index is 0.0778. The number of carbonyl (C=O) groups excluding carboxylic acids is 1. The monoisotopic (exact) mass is 359 g/mol. The van der Waals surface area contributed by atoms with Crippen molar-refractivity contribution in [2.24, 2.45) is 0 Å². The number of anilines is 1. The van der Waals surface area contributed by atoms with E-state index in [1.807, 2.05) is 54.1 Å². The van der Waals surface area contributed by atoms with Gasteiger partial charge in [0.1, 0.15) is 12.4 Å². The van der Waals surface area contributed by atoms with E-state index in [-0.39, 0.29) is 12.5 Å². The summed E-state index contributed by atoms with van der Waals surface area (Å²) < 4.78 is 1.98. The Morgan fingerprint density at radius 3 is 2.83 bits per heavy atom. The van der Waals surface area contributed by atoms with Gasteiger partial charge < -0.3 is 9.88 Å². The second-order valence-corrected chi connectivity index (χ2v) is 6.85. The molecule has 0 saturated carbocycles. The van der Waals surface area contributed by atoms with Crippen LogP contribution in [0.3, 0.4) is 0 Å². The van der Waals surface area contributed by atoms with E-state index in [0.29, 0.717) is 5.02 Å². The summed E-state index contributed by atoms with van der Waals surface area (Å²) in [6.45, 7) is 2.16. The van der Waals surface area contributed by atoms with E-state index in [2.05, 4.69) is 10.3 Å². The molecule has 0 bridgehead atoms. The predicted octanol–water partition coefficient (Wildman–Crippen LogP) is 4.50. The van der Waals surface area contributed by atoms with Crippen LogP contribution in [0.5, 0.6) is 0 Å². The number of hydrogen-bond acceptors (Lipinski definition) is 3. The molecule has 0 aliphatic heterocycles. The number of hydrogen-bond donors (Lipinski definition) is 1. The summed E-state index contributed by atoms with van der Waals surface area (Å²) in [6.07, 6.45) is 2.03. The van der Waals surface area contributed by atoms with Gasteiger partial charge in [0.05, 0.1) is 16.8 Å². The average molecular weight is 360 g/mol. The van der Waals surface area contributed by atoms with E-state index in [4.69, 9.17) is 11.6 Å². The summed E-state index contributed by atoms with van der Waals surface area (Å²) in [5.74, 6) is 1.60. The lowest BCUT2D eigenvalue weighted by molar-refractivity contribution is -0.116. The van der Waals surface area contributed by atoms with Gasteiger partial charge in [-0.1, -0.05) is 23.7 Å². The number of nitrogens with one attached hydrogen (secondary N) is 1. The zero-order valence-corrected chi connectivity index (χ0v) is 15.1. The van der Waals surface area contributed by atoms with Crippen molar-refractivity contribution in [3.8, 4) is 0 Å². The molecule has 3 rings (SSSR count). The predicted molar refractivity (Wildman–Crippen MR) is 102 cm³/mol. The van der Waals surface area contributed by atoms with Gasteiger partial charge in [0, 0.05) is 10.7 Å². The summed E-state index contributed by atoms with van der Waals surface area (Å²) in [4.78, 5) is 17.2. The summed E-state index contributed by atoms with van der Waals surface area (Å²) in [7, 11) is 0. The first-order valence-electron chi connectivity index (χ1n) is 7.57. The summed E-state index contributed by atoms with van der Waals surface area (Å²) in [5, 5.41) is 3.62. The molecule has 0 fully saturated rings. The van der Waals surface area contributed by atoms with Gasteiger partial charge >= 0.3 is 0 Å². The Balaban J connectivity index is 1.85. The second-order valence-electron chi connectivity index (χ2n) is 5.54. The minimum atomic E-state index is -0.0778. The fraction of sp³-hybridized carbons (Fsp3) is 0.222. The van der Waals surface area contributed by atoms with E-state index in [1.165, 1.54) is 0 Å². The van der Waals surface area contributed by atoms with Crippen LogP contribution in [-0.2, 0) is 17.1 Å². The molecule has 0 saturated heterocycles. The van der Waals surface area contributed by atoms with E-state index in [1.54, 1.807) is 17.8 Å². The lowest BCUT2D eigenvalue weighted by Crippen LogP contribution is -2.20. The summed E-state index contributed by atoms with van der Waals surface area (Å²) in [6, 6.07) is 13.3. The zero-order valence-electron chi connectivity index (χ0n) is 13.5. The Bertz CT molecular complexity index is 891. The van der Waals surface area contributed by atoms with Crippen LogP contribution in [0.4, 0.5) is 5.69 Å². The van der Waals surface area contributed by atoms with Crippen LogP contribution >= 0.6 is 23.4 Å². The number of halogens is 1. The summed E-state index contributed by atoms with van der Waals surface area (Å²) >= 11 is 7.65. The van der Waals surface area contributed by atoms with Gasteiger partial charge in [-0.05, 0) is 49.1 Å². The van der Waals surface area contributed by atoms with Gasteiger partial charge in [-0.3, -0.25) is 4.79 Å². The molecule has 1 aromatic heterocycles. The highest BCUT2D eigenvalue weighted by Crippen LogP contribution is 2.21. The van der Waals surface area contributed by atoms with Crippen molar-refractivity contribution in [2.45, 2.75) is 19.2 Å². The molecule has 0 spiro atoms. The van der Waals surface area contributed by atoms with Crippen molar-refractivity contribution in [1.82, 2.24) is 9.55 Å². The number of rotatable bonds is 5. The Morgan fingerprint density at radius 2 is 2.08 bits per heavy atom. The van der Waals surface area contributed by atoms with Gasteiger partial charge in [0.2, 0.25) is 5.91 Å². The standard InChI is InChI=1S/C18H18ClN3OS/c1-12-9-13(19)7-8-14(12)21-18(23)10-22-16-6-4-3-5-15(16)20-17(22)11-24-2/h3-9H,10-11H2,1-2H3,(H,21,23). The molecule has 0 unspecified atom stereocenters. The lowest BCUT2D eigenvalue weighted by atomic mass is 10.2. The maximum Gasteiger partial charge on any atom is 0.244 e. The third-order valence-electron chi connectivity index (χ3n) is 3.77. The fourth-order valence-electron chi connectivity index (χ4n) is 2.64. The molecular weight excluding hydrogens is 342 g/mol. The second kappa shape index (κ2) is 7.28. The minimum Gasteiger partial charge on any atom is -0.324 e. The molecule has 0 atom stereocenters. The van der Waals surface area contributed by atoms with Gasteiger partial charge in [0.25, 0.3) is 0 Å². The van der Waals surface area contributed by atoms with E-state index in [0.717, 1.165) is 33.9 Å². The molecule has 4 nitrogen and oxygen atoms in total. The molecule has 0 aliphatic carbocycles. The maximum atomic E-state index is 12.5. The summed E-state index contributed by atoms with van der Waals surface area (Å²) in [5.41, 5.74) is 3.61. The Kier molecular flexibility index (Phi) is 5.11. The number of thioether (sulfide) groups is 1. The van der Waals surface area contributed by atoms with Gasteiger partial charge in [-0.25, -0.2) is 4.98 Å². The molecule has 2 aromatic carbocycles. The average Bonchev–Trinajstić information content (AvgIpc) is 2.88. The van der Waals surface area contributed by atoms with Crippen LogP contribution < -0.4 is 5.32 Å². The number of nitrogens with zero attached hydrogens (tertiary/aromatic N) is 2. The number of imidazole rings is 1. The van der Waals surface area contributed by atoms with Crippen LogP contribution in [0, 0.1) is 6.92 Å². The van der Waals surface area contributed by atoms with E-state index >= 15 is 0 Å². The van der Waals surface area contributed by atoms with Crippen LogP contribution in [0.15, 0.2) is 42.5 Å². The van der Waals surface area contributed by atoms with Crippen LogP contribution in [-0.4, -0.2) is 21.7 Å². The highest BCUT2D eigenvalue weighted by molar-refractivity contribution is 7.97. The first-order chi connectivity index (χ1) is 11.6. The molecule has 24 heavy (non-hydrogen) atoms. The third-order valence-corrected chi connectivity index (χ3v) is 4.55. The van der Waals surface area contributed by atoms with Crippen molar-refractivity contribution in [3.63, 3.8) is 0 Å². The molecule has 1 N–H and O–H groups in total. The van der Waals surface area contributed by atoms with Gasteiger partial charge in [-0.15, -0.1) is 0 Å². The lowest BCUT2D eigenvalue weighted by Gasteiger charge is -2.11. The molecule has 1 heterocycles. The number of fused-ring (bicyclic) bond motifs is 1. The number of benzene rings is 2. The Hall–Kier alpha value is -1.98. The van der Waals surface area contributed by atoms with Gasteiger partial charge in [-0.2, -0.15) is 11.8 Å². The van der Waals surface area contributed by atoms with E-state index < -0.39 is 0 Å². The van der Waals surface area contributed by atoms with Crippen LogP contribution in [0.2, 0.25) is 5.02 Å². The highest BCUT2D eigenvalue weighted by Gasteiger charge is 2.14. The number of amides is 1. The van der Waals surface area contributed by atoms with Crippen molar-refractivity contribution < 1.29 is 4.79 Å². The van der Waals surface area contributed by atoms with Crippen molar-refractivity contribution in [2.75, 3.05) is 11.6 Å². The number of aromatic nitrogens is 2. The fourth-order valence-corrected chi connectivity index (χ4v) is 3.35. The molecule has 124 valence electrons. The molecule has 0 aliphatic rings. The smallest absolute Gasteiger partial charge is 0.244 e. The number of carbonyl (C=O) groups is 1. The van der Waals surface area contributed by atoms with Crippen molar-refractivity contribution >= 4 is 46.0 Å². The first-order valence-corrected chi connectivity index (χ1v) is 9.34. The van der Waals surface area contributed by atoms with Gasteiger partial charge in [0.15, 0.2) is 0 Å². The Morgan fingerprint density at radius 1 is 1.29 bits per heavy atom. The van der Waals surface area contributed by atoms with Crippen LogP contribution in [0.1, 0.15) is 11.4 Å². The number of aryl methyl sites for hydroxylation is 1. The normalized spacial score (nSPS) is 11.0. The largest absolute Gasteiger partial charge is 0.324 e. The first kappa shape index (κ1) is 16.9. The van der Waals surface area contributed by atoms with Crippen LogP contribution in [0.25, 0.3) is 11.0 Å². The molecular formula is C18H18ClN3OS. The number of para-hydroxylation sites is 2. The topological polar surface area (TPSA) is 46.9 Å². The van der Waals surface area contributed by atoms with E-state index in [9.17, 15) is 4.79 Å². The SMILES string of the molecule is CSCc1nc2ccccc2n1CC(=O)Nc1ccc(Cl)cc1C. The molecule has 3 aromatic rings. The van der Waals surface area contributed by atoms with Crippen molar-refractivity contribution in [3.05, 3.63) is 58.9 Å². The maximum absolute atomic E-state index is 12.5. The zero-order chi connectivity index (χ0) is 17.1. The third kappa shape index (κ3) is 3.57.